The minimum absolute atomic E-state index is 0.146. The smallest absolute Gasteiger partial charge is 0.315 e. The first-order valence-corrected chi connectivity index (χ1v) is 7.77. The molecule has 0 unspecified atom stereocenters. The monoisotopic (exact) mass is 316 g/mol. The number of rotatable bonds is 7. The van der Waals surface area contributed by atoms with E-state index in [4.69, 9.17) is 4.74 Å². The Bertz CT molecular complexity index is 625. The van der Waals surface area contributed by atoms with Gasteiger partial charge in [0.2, 0.25) is 0 Å². The second-order valence-corrected chi connectivity index (χ2v) is 5.30. The molecule has 0 saturated carbocycles. The summed E-state index contributed by atoms with van der Waals surface area (Å²) in [6, 6.07) is 9.67. The molecule has 0 aliphatic rings. The molecule has 1 aromatic heterocycles. The van der Waals surface area contributed by atoms with Crippen LogP contribution in [0.2, 0.25) is 0 Å². The molecular weight excluding hydrogens is 292 g/mol. The number of benzene rings is 1. The number of nitrogens with zero attached hydrogens (tertiary/aromatic N) is 2. The van der Waals surface area contributed by atoms with Gasteiger partial charge in [0.05, 0.1) is 12.3 Å². The molecular formula is C17H24N4O2. The maximum absolute atomic E-state index is 12.0. The highest BCUT2D eigenvalue weighted by atomic mass is 16.5. The van der Waals surface area contributed by atoms with E-state index in [-0.39, 0.29) is 12.1 Å². The van der Waals surface area contributed by atoms with Crippen LogP contribution in [0.1, 0.15) is 29.8 Å². The molecule has 6 nitrogen and oxygen atoms in total. The van der Waals surface area contributed by atoms with Crippen molar-refractivity contribution in [2.75, 3.05) is 13.2 Å². The average Bonchev–Trinajstić information content (AvgIpc) is 2.89. The van der Waals surface area contributed by atoms with Gasteiger partial charge in [0.15, 0.2) is 0 Å². The van der Waals surface area contributed by atoms with Crippen molar-refractivity contribution in [2.45, 2.75) is 26.5 Å². The Kier molecular flexibility index (Phi) is 6.17. The SMILES string of the molecule is CCO[C@H](CNC(=O)NCc1cnn(C)c1C)c1ccccc1. The summed E-state index contributed by atoms with van der Waals surface area (Å²) < 4.78 is 7.49. The molecule has 0 radical (unpaired) electrons. The van der Waals surface area contributed by atoms with Crippen LogP contribution in [0.15, 0.2) is 36.5 Å². The summed E-state index contributed by atoms with van der Waals surface area (Å²) in [6.45, 7) is 5.40. The number of ether oxygens (including phenoxy) is 1. The minimum atomic E-state index is -0.214. The van der Waals surface area contributed by atoms with Crippen LogP contribution in [0.25, 0.3) is 0 Å². The van der Waals surface area contributed by atoms with Crippen LogP contribution in [0, 0.1) is 6.92 Å². The summed E-state index contributed by atoms with van der Waals surface area (Å²) in [4.78, 5) is 12.0. The zero-order valence-corrected chi connectivity index (χ0v) is 13.9. The van der Waals surface area contributed by atoms with Crippen molar-refractivity contribution < 1.29 is 9.53 Å². The number of carbonyl (C=O) groups excluding carboxylic acids is 1. The van der Waals surface area contributed by atoms with Crippen LogP contribution in [-0.4, -0.2) is 29.0 Å². The molecule has 2 amide bonds. The van der Waals surface area contributed by atoms with E-state index < -0.39 is 0 Å². The Morgan fingerprint density at radius 3 is 2.65 bits per heavy atom. The van der Waals surface area contributed by atoms with Gasteiger partial charge in [-0.1, -0.05) is 30.3 Å². The highest BCUT2D eigenvalue weighted by Gasteiger charge is 2.13. The van der Waals surface area contributed by atoms with Crippen molar-refractivity contribution in [1.29, 1.82) is 0 Å². The fraction of sp³-hybridized carbons (Fsp3) is 0.412. The number of nitrogens with one attached hydrogen (secondary N) is 2. The number of hydrogen-bond acceptors (Lipinski definition) is 3. The molecule has 2 aromatic rings. The van der Waals surface area contributed by atoms with Gasteiger partial charge in [0.25, 0.3) is 0 Å². The molecule has 1 atom stereocenters. The van der Waals surface area contributed by atoms with Crippen LogP contribution >= 0.6 is 0 Å². The van der Waals surface area contributed by atoms with Crippen molar-refractivity contribution >= 4 is 6.03 Å². The second kappa shape index (κ2) is 8.33. The Hall–Kier alpha value is -2.34. The van der Waals surface area contributed by atoms with E-state index in [9.17, 15) is 4.79 Å². The van der Waals surface area contributed by atoms with Crippen LogP contribution in [0.4, 0.5) is 4.79 Å². The van der Waals surface area contributed by atoms with E-state index in [1.165, 1.54) is 0 Å². The molecule has 2 N–H and O–H groups in total. The van der Waals surface area contributed by atoms with Gasteiger partial charge in [-0.2, -0.15) is 5.10 Å². The van der Waals surface area contributed by atoms with Gasteiger partial charge < -0.3 is 15.4 Å². The number of aromatic nitrogens is 2. The third-order valence-corrected chi connectivity index (χ3v) is 3.76. The van der Waals surface area contributed by atoms with Gasteiger partial charge in [-0.15, -0.1) is 0 Å². The van der Waals surface area contributed by atoms with E-state index in [0.717, 1.165) is 16.8 Å². The topological polar surface area (TPSA) is 68.2 Å². The summed E-state index contributed by atoms with van der Waals surface area (Å²) in [5.74, 6) is 0. The highest BCUT2D eigenvalue weighted by Crippen LogP contribution is 2.15. The van der Waals surface area contributed by atoms with Crippen LogP contribution < -0.4 is 10.6 Å². The Morgan fingerprint density at radius 1 is 1.30 bits per heavy atom. The first-order chi connectivity index (χ1) is 11.1. The number of aryl methyl sites for hydroxylation is 1. The van der Waals surface area contributed by atoms with Crippen molar-refractivity contribution in [3.63, 3.8) is 0 Å². The summed E-state index contributed by atoms with van der Waals surface area (Å²) >= 11 is 0. The highest BCUT2D eigenvalue weighted by molar-refractivity contribution is 5.73. The summed E-state index contributed by atoms with van der Waals surface area (Å²) in [5, 5.41) is 9.86. The molecule has 124 valence electrons. The van der Waals surface area contributed by atoms with Gasteiger partial charge in [-0.05, 0) is 19.4 Å². The normalized spacial score (nSPS) is 12.0. The number of amides is 2. The standard InChI is InChI=1S/C17H24N4O2/c1-4-23-16(14-8-6-5-7-9-14)12-19-17(22)18-10-15-11-20-21(3)13(15)2/h5-9,11,16H,4,10,12H2,1-3H3,(H2,18,19,22)/t16-/m1/s1. The quantitative estimate of drug-likeness (QED) is 0.823. The number of carbonyl (C=O) groups is 1. The maximum Gasteiger partial charge on any atom is 0.315 e. The molecule has 0 aliphatic heterocycles. The van der Waals surface area contributed by atoms with E-state index in [0.29, 0.717) is 19.7 Å². The number of urea groups is 1. The largest absolute Gasteiger partial charge is 0.372 e. The molecule has 1 aromatic carbocycles. The van der Waals surface area contributed by atoms with E-state index in [1.807, 2.05) is 51.2 Å². The predicted octanol–water partition coefficient (Wildman–Crippen LogP) is 2.31. The molecule has 6 heteroatoms. The lowest BCUT2D eigenvalue weighted by Gasteiger charge is -2.18. The van der Waals surface area contributed by atoms with Crippen LogP contribution in [-0.2, 0) is 18.3 Å². The zero-order valence-electron chi connectivity index (χ0n) is 13.9. The molecule has 2 rings (SSSR count). The fourth-order valence-corrected chi connectivity index (χ4v) is 2.28. The average molecular weight is 316 g/mol. The van der Waals surface area contributed by atoms with Crippen molar-refractivity contribution in [3.8, 4) is 0 Å². The number of hydrogen-bond donors (Lipinski definition) is 2. The first-order valence-electron chi connectivity index (χ1n) is 7.77. The van der Waals surface area contributed by atoms with Gasteiger partial charge in [0.1, 0.15) is 0 Å². The Morgan fingerprint density at radius 2 is 2.04 bits per heavy atom. The fourth-order valence-electron chi connectivity index (χ4n) is 2.28. The van der Waals surface area contributed by atoms with Crippen LogP contribution in [0.5, 0.6) is 0 Å². The van der Waals surface area contributed by atoms with E-state index in [1.54, 1.807) is 10.9 Å². The van der Waals surface area contributed by atoms with Gasteiger partial charge >= 0.3 is 6.03 Å². The summed E-state index contributed by atoms with van der Waals surface area (Å²) in [7, 11) is 1.88. The third kappa shape index (κ3) is 4.82. The first kappa shape index (κ1) is 17.0. The van der Waals surface area contributed by atoms with Gasteiger partial charge in [-0.3, -0.25) is 4.68 Å². The van der Waals surface area contributed by atoms with E-state index in [2.05, 4.69) is 15.7 Å². The van der Waals surface area contributed by atoms with Gasteiger partial charge in [0, 0.05) is 38.0 Å². The minimum Gasteiger partial charge on any atom is -0.372 e. The molecule has 0 spiro atoms. The molecule has 0 saturated heterocycles. The van der Waals surface area contributed by atoms with E-state index >= 15 is 0 Å². The van der Waals surface area contributed by atoms with Crippen molar-refractivity contribution in [1.82, 2.24) is 20.4 Å². The molecule has 0 aliphatic carbocycles. The molecule has 0 fully saturated rings. The maximum atomic E-state index is 12.0. The lowest BCUT2D eigenvalue weighted by atomic mass is 10.1. The summed E-state index contributed by atoms with van der Waals surface area (Å²) in [5.41, 5.74) is 3.10. The van der Waals surface area contributed by atoms with Crippen molar-refractivity contribution in [2.24, 2.45) is 7.05 Å². The molecule has 0 bridgehead atoms. The third-order valence-electron chi connectivity index (χ3n) is 3.76. The lowest BCUT2D eigenvalue weighted by molar-refractivity contribution is 0.0639. The predicted molar refractivity (Wildman–Crippen MR) is 89.0 cm³/mol. The molecule has 23 heavy (non-hydrogen) atoms. The van der Waals surface area contributed by atoms with Crippen molar-refractivity contribution in [3.05, 3.63) is 53.3 Å². The Balaban J connectivity index is 1.83. The Labute approximate surface area is 136 Å². The van der Waals surface area contributed by atoms with Crippen LogP contribution in [0.3, 0.4) is 0 Å². The lowest BCUT2D eigenvalue weighted by Crippen LogP contribution is -2.38. The second-order valence-electron chi connectivity index (χ2n) is 5.30. The van der Waals surface area contributed by atoms with Gasteiger partial charge in [-0.25, -0.2) is 4.79 Å². The molecule has 1 heterocycles. The summed E-state index contributed by atoms with van der Waals surface area (Å²) in [6.07, 6.45) is 1.62. The zero-order chi connectivity index (χ0) is 16.7.